The summed E-state index contributed by atoms with van der Waals surface area (Å²) < 4.78 is 0. The van der Waals surface area contributed by atoms with Crippen LogP contribution >= 0.6 is 11.6 Å². The van der Waals surface area contributed by atoms with Gasteiger partial charge in [0.2, 0.25) is 0 Å². The highest BCUT2D eigenvalue weighted by molar-refractivity contribution is 6.17. The lowest BCUT2D eigenvalue weighted by molar-refractivity contribution is 0.161. The summed E-state index contributed by atoms with van der Waals surface area (Å²) in [5, 5.41) is 0. The minimum atomic E-state index is 0.815. The van der Waals surface area contributed by atoms with Crippen LogP contribution in [0.2, 0.25) is 0 Å². The van der Waals surface area contributed by atoms with Crippen molar-refractivity contribution in [2.75, 3.05) is 19.0 Å². The monoisotopic (exact) mass is 251 g/mol. The third-order valence-corrected chi connectivity index (χ3v) is 3.87. The molecule has 17 heavy (non-hydrogen) atoms. The highest BCUT2D eigenvalue weighted by Gasteiger charge is 2.19. The van der Waals surface area contributed by atoms with Gasteiger partial charge in [-0.15, -0.1) is 11.6 Å². The zero-order chi connectivity index (χ0) is 11.9. The Kier molecular flexibility index (Phi) is 5.34. The van der Waals surface area contributed by atoms with E-state index in [9.17, 15) is 0 Å². The fraction of sp³-hybridized carbons (Fsp3) is 0.600. The topological polar surface area (TPSA) is 3.24 Å². The van der Waals surface area contributed by atoms with Crippen molar-refractivity contribution in [3.8, 4) is 0 Å². The minimum Gasteiger partial charge on any atom is -0.299 e. The van der Waals surface area contributed by atoms with E-state index in [1.165, 1.54) is 44.3 Å². The first-order valence-electron chi connectivity index (χ1n) is 6.70. The number of alkyl halides is 1. The standard InChI is InChI=1S/C15H22ClN/c16-10-4-8-15-9-5-11-17(13-15)12-14-6-2-1-3-7-14/h1-3,6-7,15H,4-5,8-13H2/t15-/m0/s1. The number of hydrogen-bond acceptors (Lipinski definition) is 1. The molecule has 2 rings (SSSR count). The molecule has 1 nitrogen and oxygen atoms in total. The van der Waals surface area contributed by atoms with E-state index in [1.807, 2.05) is 0 Å². The third-order valence-electron chi connectivity index (χ3n) is 3.60. The molecule has 1 saturated heterocycles. The second-order valence-corrected chi connectivity index (χ2v) is 5.44. The van der Waals surface area contributed by atoms with E-state index in [0.29, 0.717) is 0 Å². The van der Waals surface area contributed by atoms with E-state index >= 15 is 0 Å². The van der Waals surface area contributed by atoms with Gasteiger partial charge in [-0.2, -0.15) is 0 Å². The van der Waals surface area contributed by atoms with Gasteiger partial charge in [-0.25, -0.2) is 0 Å². The van der Waals surface area contributed by atoms with Gasteiger partial charge in [0.15, 0.2) is 0 Å². The SMILES string of the molecule is ClCCC[C@H]1CCCN(Cc2ccccc2)C1. The Hall–Kier alpha value is -0.530. The number of halogens is 1. The summed E-state index contributed by atoms with van der Waals surface area (Å²) in [6.45, 7) is 3.62. The smallest absolute Gasteiger partial charge is 0.0233 e. The number of rotatable bonds is 5. The van der Waals surface area contributed by atoms with Crippen LogP contribution in [0, 0.1) is 5.92 Å². The molecule has 0 spiro atoms. The van der Waals surface area contributed by atoms with Crippen molar-refractivity contribution < 1.29 is 0 Å². The summed E-state index contributed by atoms with van der Waals surface area (Å²) in [6, 6.07) is 10.8. The first-order valence-corrected chi connectivity index (χ1v) is 7.24. The molecule has 0 unspecified atom stereocenters. The second-order valence-electron chi connectivity index (χ2n) is 5.06. The lowest BCUT2D eigenvalue weighted by Gasteiger charge is -2.32. The highest BCUT2D eigenvalue weighted by Crippen LogP contribution is 2.22. The number of benzene rings is 1. The zero-order valence-electron chi connectivity index (χ0n) is 10.4. The van der Waals surface area contributed by atoms with Crippen LogP contribution < -0.4 is 0 Å². The molecule has 0 saturated carbocycles. The molecule has 1 atom stereocenters. The van der Waals surface area contributed by atoms with E-state index in [0.717, 1.165) is 18.3 Å². The number of piperidine rings is 1. The molecule has 1 aromatic carbocycles. The van der Waals surface area contributed by atoms with Gasteiger partial charge >= 0.3 is 0 Å². The molecular weight excluding hydrogens is 230 g/mol. The molecule has 1 aromatic rings. The maximum absolute atomic E-state index is 5.77. The summed E-state index contributed by atoms with van der Waals surface area (Å²) in [5.74, 6) is 1.68. The van der Waals surface area contributed by atoms with Gasteiger partial charge in [-0.05, 0) is 43.7 Å². The molecule has 94 valence electrons. The largest absolute Gasteiger partial charge is 0.299 e. The van der Waals surface area contributed by atoms with E-state index in [4.69, 9.17) is 11.6 Å². The Labute approximate surface area is 110 Å². The quantitative estimate of drug-likeness (QED) is 0.717. The van der Waals surface area contributed by atoms with Crippen LogP contribution in [0.25, 0.3) is 0 Å². The van der Waals surface area contributed by atoms with Gasteiger partial charge in [-0.3, -0.25) is 4.90 Å². The van der Waals surface area contributed by atoms with Gasteiger partial charge < -0.3 is 0 Å². The average Bonchev–Trinajstić information content (AvgIpc) is 2.38. The lowest BCUT2D eigenvalue weighted by Crippen LogP contribution is -2.34. The second kappa shape index (κ2) is 7.03. The van der Waals surface area contributed by atoms with Crippen LogP contribution in [0.3, 0.4) is 0 Å². The molecule has 2 heteroatoms. The van der Waals surface area contributed by atoms with Crippen LogP contribution in [0.1, 0.15) is 31.2 Å². The van der Waals surface area contributed by atoms with Gasteiger partial charge in [0, 0.05) is 19.0 Å². The van der Waals surface area contributed by atoms with Crippen LogP contribution in [0.5, 0.6) is 0 Å². The first-order chi connectivity index (χ1) is 8.38. The first kappa shape index (κ1) is 12.9. The van der Waals surface area contributed by atoms with Gasteiger partial charge in [-0.1, -0.05) is 30.3 Å². The average molecular weight is 252 g/mol. The van der Waals surface area contributed by atoms with E-state index in [1.54, 1.807) is 0 Å². The molecule has 1 aliphatic heterocycles. The van der Waals surface area contributed by atoms with Crippen molar-refractivity contribution in [3.05, 3.63) is 35.9 Å². The summed E-state index contributed by atoms with van der Waals surface area (Å²) in [5.41, 5.74) is 1.44. The zero-order valence-corrected chi connectivity index (χ0v) is 11.2. The Balaban J connectivity index is 1.81. The molecule has 1 heterocycles. The van der Waals surface area contributed by atoms with Gasteiger partial charge in [0.25, 0.3) is 0 Å². The highest BCUT2D eigenvalue weighted by atomic mass is 35.5. The molecular formula is C15H22ClN. The van der Waals surface area contributed by atoms with Crippen molar-refractivity contribution in [2.24, 2.45) is 5.92 Å². The van der Waals surface area contributed by atoms with Crippen molar-refractivity contribution in [1.82, 2.24) is 4.90 Å². The van der Waals surface area contributed by atoms with Crippen molar-refractivity contribution in [3.63, 3.8) is 0 Å². The Morgan fingerprint density at radius 3 is 2.82 bits per heavy atom. The summed E-state index contributed by atoms with van der Waals surface area (Å²) >= 11 is 5.77. The van der Waals surface area contributed by atoms with Crippen LogP contribution in [-0.4, -0.2) is 23.9 Å². The Morgan fingerprint density at radius 1 is 1.24 bits per heavy atom. The van der Waals surface area contributed by atoms with Crippen molar-refractivity contribution in [1.29, 1.82) is 0 Å². The van der Waals surface area contributed by atoms with E-state index in [2.05, 4.69) is 35.2 Å². The number of hydrogen-bond donors (Lipinski definition) is 0. The van der Waals surface area contributed by atoms with Crippen LogP contribution in [0.4, 0.5) is 0 Å². The molecule has 0 bridgehead atoms. The predicted molar refractivity (Wildman–Crippen MR) is 74.4 cm³/mol. The van der Waals surface area contributed by atoms with Crippen LogP contribution in [0.15, 0.2) is 30.3 Å². The molecule has 0 radical (unpaired) electrons. The summed E-state index contributed by atoms with van der Waals surface area (Å²) in [4.78, 5) is 2.59. The minimum absolute atomic E-state index is 0.815. The van der Waals surface area contributed by atoms with Gasteiger partial charge in [0.05, 0.1) is 0 Å². The fourth-order valence-electron chi connectivity index (χ4n) is 2.74. The van der Waals surface area contributed by atoms with Crippen LogP contribution in [-0.2, 0) is 6.54 Å². The molecule has 1 fully saturated rings. The lowest BCUT2D eigenvalue weighted by atomic mass is 9.93. The molecule has 0 amide bonds. The number of likely N-dealkylation sites (tertiary alicyclic amines) is 1. The van der Waals surface area contributed by atoms with Crippen molar-refractivity contribution >= 4 is 11.6 Å². The predicted octanol–water partition coefficient (Wildman–Crippen LogP) is 3.92. The maximum atomic E-state index is 5.77. The summed E-state index contributed by atoms with van der Waals surface area (Å²) in [7, 11) is 0. The molecule has 0 aromatic heterocycles. The normalized spacial score (nSPS) is 21.6. The number of nitrogens with zero attached hydrogens (tertiary/aromatic N) is 1. The molecule has 1 aliphatic rings. The summed E-state index contributed by atoms with van der Waals surface area (Å²) in [6.07, 6.45) is 5.21. The van der Waals surface area contributed by atoms with E-state index in [-0.39, 0.29) is 0 Å². The fourth-order valence-corrected chi connectivity index (χ4v) is 2.89. The van der Waals surface area contributed by atoms with E-state index < -0.39 is 0 Å². The van der Waals surface area contributed by atoms with Crippen molar-refractivity contribution in [2.45, 2.75) is 32.2 Å². The molecule has 0 aliphatic carbocycles. The van der Waals surface area contributed by atoms with Gasteiger partial charge in [0.1, 0.15) is 0 Å². The Bertz CT molecular complexity index is 312. The maximum Gasteiger partial charge on any atom is 0.0233 e. The Morgan fingerprint density at radius 2 is 2.06 bits per heavy atom. The third kappa shape index (κ3) is 4.33. The molecule has 0 N–H and O–H groups in total.